The van der Waals surface area contributed by atoms with Gasteiger partial charge in [0.1, 0.15) is 0 Å². The number of sulfonamides is 1. The van der Waals surface area contributed by atoms with Gasteiger partial charge in [-0.25, -0.2) is 12.7 Å². The lowest BCUT2D eigenvalue weighted by atomic mass is 10.1. The Labute approximate surface area is 132 Å². The molecule has 0 saturated carbocycles. The van der Waals surface area contributed by atoms with Gasteiger partial charge in [-0.05, 0) is 30.2 Å². The summed E-state index contributed by atoms with van der Waals surface area (Å²) in [4.78, 5) is 0.187. The summed E-state index contributed by atoms with van der Waals surface area (Å²) in [5.41, 5.74) is 2.66. The van der Waals surface area contributed by atoms with Crippen LogP contribution in [0.1, 0.15) is 16.7 Å². The third kappa shape index (κ3) is 3.21. The van der Waals surface area contributed by atoms with Crippen molar-refractivity contribution in [3.8, 4) is 12.5 Å². The number of terminal acetylenes is 1. The van der Waals surface area contributed by atoms with Crippen molar-refractivity contribution in [3.63, 3.8) is 0 Å². The summed E-state index contributed by atoms with van der Waals surface area (Å²) in [5.74, 6) is 0. The van der Waals surface area contributed by atoms with Crippen LogP contribution in [0.2, 0.25) is 0 Å². The molecule has 0 spiro atoms. The molecule has 22 heavy (non-hydrogen) atoms. The van der Waals surface area contributed by atoms with Gasteiger partial charge in [-0.3, -0.25) is 0 Å². The molecule has 2 rings (SSSR count). The molecule has 0 N–H and O–H groups in total. The normalized spacial score (nSPS) is 10.7. The predicted molar refractivity (Wildman–Crippen MR) is 89.3 cm³/mol. The van der Waals surface area contributed by atoms with Crippen LogP contribution in [0, 0.1) is 19.4 Å². The molecule has 0 aromatic heterocycles. The van der Waals surface area contributed by atoms with E-state index in [0.717, 1.165) is 21.0 Å². The highest BCUT2D eigenvalue weighted by atomic mass is 32.2. The Morgan fingerprint density at radius 3 is 2.41 bits per heavy atom. The molecule has 4 heteroatoms. The fraction of sp³-hybridized carbons (Fsp3) is 0.111. The summed E-state index contributed by atoms with van der Waals surface area (Å²) in [7, 11) is -3.73. The second-order valence-electron chi connectivity index (χ2n) is 4.86. The van der Waals surface area contributed by atoms with E-state index < -0.39 is 10.0 Å². The van der Waals surface area contributed by atoms with Crippen molar-refractivity contribution in [2.24, 2.45) is 0 Å². The Morgan fingerprint density at radius 2 is 1.82 bits per heavy atom. The molecule has 0 amide bonds. The summed E-state index contributed by atoms with van der Waals surface area (Å²) >= 11 is 0. The average Bonchev–Trinajstić information content (AvgIpc) is 2.53. The van der Waals surface area contributed by atoms with Crippen LogP contribution in [-0.2, 0) is 16.6 Å². The van der Waals surface area contributed by atoms with E-state index in [2.05, 4.69) is 12.6 Å². The molecule has 2 aromatic carbocycles. The maximum atomic E-state index is 12.6. The van der Waals surface area contributed by atoms with Gasteiger partial charge < -0.3 is 0 Å². The highest BCUT2D eigenvalue weighted by Gasteiger charge is 2.22. The lowest BCUT2D eigenvalue weighted by molar-refractivity contribution is 0.509. The largest absolute Gasteiger partial charge is 0.271 e. The van der Waals surface area contributed by atoms with Crippen LogP contribution < -0.4 is 0 Å². The standard InChI is InChI=1S/C18H17NO2S/c1-4-16-8-6-7-9-17(16)14-19(5-2)22(20,21)18-12-10-15(3)11-13-18/h2,4,6-13H,1,14H2,3H3. The van der Waals surface area contributed by atoms with Crippen molar-refractivity contribution >= 4 is 16.1 Å². The van der Waals surface area contributed by atoms with Crippen molar-refractivity contribution in [3.05, 3.63) is 71.8 Å². The van der Waals surface area contributed by atoms with Crippen LogP contribution in [0.25, 0.3) is 6.08 Å². The fourth-order valence-corrected chi connectivity index (χ4v) is 3.25. The fourth-order valence-electron chi connectivity index (χ4n) is 2.07. The Balaban J connectivity index is 2.37. The van der Waals surface area contributed by atoms with Gasteiger partial charge in [-0.2, -0.15) is 0 Å². The maximum Gasteiger partial charge on any atom is 0.271 e. The molecule has 0 aliphatic carbocycles. The van der Waals surface area contributed by atoms with Gasteiger partial charge in [-0.15, -0.1) is 0 Å². The van der Waals surface area contributed by atoms with Crippen molar-refractivity contribution < 1.29 is 8.42 Å². The second-order valence-corrected chi connectivity index (χ2v) is 6.72. The van der Waals surface area contributed by atoms with Crippen molar-refractivity contribution in [1.29, 1.82) is 0 Å². The van der Waals surface area contributed by atoms with Crippen LogP contribution in [0.5, 0.6) is 0 Å². The third-order valence-corrected chi connectivity index (χ3v) is 5.02. The number of hydrogen-bond donors (Lipinski definition) is 0. The number of aryl methyl sites for hydroxylation is 1. The second kappa shape index (κ2) is 6.50. The first kappa shape index (κ1) is 15.9. The monoisotopic (exact) mass is 311 g/mol. The minimum Gasteiger partial charge on any atom is -0.220 e. The van der Waals surface area contributed by atoms with E-state index in [0.29, 0.717) is 0 Å². The first-order chi connectivity index (χ1) is 10.5. The van der Waals surface area contributed by atoms with Crippen molar-refractivity contribution in [1.82, 2.24) is 4.31 Å². The topological polar surface area (TPSA) is 37.4 Å². The molecule has 0 bridgehead atoms. The minimum absolute atomic E-state index is 0.106. The Hall–Kier alpha value is -2.51. The van der Waals surface area contributed by atoms with Gasteiger partial charge in [0.25, 0.3) is 10.0 Å². The predicted octanol–water partition coefficient (Wildman–Crippen LogP) is 3.42. The van der Waals surface area contributed by atoms with Crippen LogP contribution in [0.3, 0.4) is 0 Å². The van der Waals surface area contributed by atoms with E-state index in [1.165, 1.54) is 0 Å². The first-order valence-electron chi connectivity index (χ1n) is 6.75. The number of rotatable bonds is 5. The number of hydrogen-bond acceptors (Lipinski definition) is 2. The van der Waals surface area contributed by atoms with Gasteiger partial charge in [0.2, 0.25) is 0 Å². The number of nitrogens with zero attached hydrogens (tertiary/aromatic N) is 1. The highest BCUT2D eigenvalue weighted by Crippen LogP contribution is 2.20. The molecule has 0 saturated heterocycles. The smallest absolute Gasteiger partial charge is 0.220 e. The lowest BCUT2D eigenvalue weighted by Gasteiger charge is -2.19. The van der Waals surface area contributed by atoms with Crippen LogP contribution in [-0.4, -0.2) is 12.7 Å². The third-order valence-electron chi connectivity index (χ3n) is 3.34. The van der Waals surface area contributed by atoms with Crippen LogP contribution in [0.4, 0.5) is 0 Å². The van der Waals surface area contributed by atoms with Gasteiger partial charge in [0.05, 0.1) is 11.4 Å². The van der Waals surface area contributed by atoms with Crippen LogP contribution >= 0.6 is 0 Å². The molecule has 0 radical (unpaired) electrons. The SMILES string of the molecule is C#CN(Cc1ccccc1C=C)S(=O)(=O)c1ccc(C)cc1. The molecule has 0 fully saturated rings. The van der Waals surface area contributed by atoms with E-state index in [-0.39, 0.29) is 11.4 Å². The van der Waals surface area contributed by atoms with E-state index in [4.69, 9.17) is 6.42 Å². The van der Waals surface area contributed by atoms with Gasteiger partial charge in [0, 0.05) is 6.04 Å². The summed E-state index contributed by atoms with van der Waals surface area (Å²) in [5, 5.41) is 0. The summed E-state index contributed by atoms with van der Waals surface area (Å²) < 4.78 is 26.3. The summed E-state index contributed by atoms with van der Waals surface area (Å²) in [6.45, 7) is 5.74. The zero-order valence-corrected chi connectivity index (χ0v) is 13.2. The average molecular weight is 311 g/mol. The van der Waals surface area contributed by atoms with Crippen molar-refractivity contribution in [2.75, 3.05) is 0 Å². The first-order valence-corrected chi connectivity index (χ1v) is 8.19. The molecule has 112 valence electrons. The maximum absolute atomic E-state index is 12.6. The molecule has 0 atom stereocenters. The molecule has 0 unspecified atom stereocenters. The molecular formula is C18H17NO2S. The lowest BCUT2D eigenvalue weighted by Crippen LogP contribution is -2.26. The van der Waals surface area contributed by atoms with E-state index in [1.54, 1.807) is 30.3 Å². The Kier molecular flexibility index (Phi) is 4.69. The minimum atomic E-state index is -3.73. The highest BCUT2D eigenvalue weighted by molar-refractivity contribution is 7.89. The van der Waals surface area contributed by atoms with E-state index in [9.17, 15) is 8.42 Å². The van der Waals surface area contributed by atoms with Crippen LogP contribution in [0.15, 0.2) is 60.0 Å². The molecule has 0 aliphatic heterocycles. The Morgan fingerprint density at radius 1 is 1.18 bits per heavy atom. The zero-order chi connectivity index (χ0) is 16.2. The van der Waals surface area contributed by atoms with Gasteiger partial charge in [0.15, 0.2) is 0 Å². The molecule has 0 heterocycles. The summed E-state index contributed by atoms with van der Waals surface area (Å²) in [6, 6.07) is 16.3. The molecular weight excluding hydrogens is 294 g/mol. The molecule has 0 aliphatic rings. The summed E-state index contributed by atoms with van der Waals surface area (Å²) in [6.07, 6.45) is 7.12. The van der Waals surface area contributed by atoms with Gasteiger partial charge >= 0.3 is 0 Å². The number of benzene rings is 2. The van der Waals surface area contributed by atoms with E-state index >= 15 is 0 Å². The molecule has 3 nitrogen and oxygen atoms in total. The Bertz CT molecular complexity index is 815. The molecule has 2 aromatic rings. The quantitative estimate of drug-likeness (QED) is 0.627. The van der Waals surface area contributed by atoms with E-state index in [1.807, 2.05) is 31.2 Å². The zero-order valence-electron chi connectivity index (χ0n) is 12.4. The van der Waals surface area contributed by atoms with Gasteiger partial charge in [-0.1, -0.05) is 61.0 Å². The van der Waals surface area contributed by atoms with Crippen molar-refractivity contribution in [2.45, 2.75) is 18.4 Å².